The van der Waals surface area contributed by atoms with E-state index in [1.807, 2.05) is 12.1 Å². The Labute approximate surface area is 156 Å². The van der Waals surface area contributed by atoms with Crippen LogP contribution < -0.4 is 5.32 Å². The Morgan fingerprint density at radius 1 is 1.22 bits per heavy atom. The van der Waals surface area contributed by atoms with E-state index in [-0.39, 0.29) is 11.6 Å². The molecule has 1 aromatic carbocycles. The van der Waals surface area contributed by atoms with Gasteiger partial charge in [-0.05, 0) is 67.8 Å². The average Bonchev–Trinajstić information content (AvgIpc) is 3.03. The summed E-state index contributed by atoms with van der Waals surface area (Å²) < 4.78 is 27.7. The van der Waals surface area contributed by atoms with Gasteiger partial charge in [0, 0.05) is 18.3 Å². The van der Waals surface area contributed by atoms with Crippen molar-refractivity contribution in [2.75, 3.05) is 5.32 Å². The Kier molecular flexibility index (Phi) is 5.59. The molecule has 2 aromatic heterocycles. The van der Waals surface area contributed by atoms with Crippen LogP contribution in [0.3, 0.4) is 0 Å². The molecule has 0 saturated carbocycles. The smallest absolute Gasteiger partial charge is 0.156 e. The Morgan fingerprint density at radius 3 is 2.59 bits per heavy atom. The first-order chi connectivity index (χ1) is 12.9. The summed E-state index contributed by atoms with van der Waals surface area (Å²) in [6.45, 7) is 2.68. The molecule has 7 heteroatoms. The number of carbonyl (C=O) groups is 1. The van der Waals surface area contributed by atoms with Crippen LogP contribution in [0.15, 0.2) is 42.6 Å². The number of hydrogen-bond donors (Lipinski definition) is 1. The Morgan fingerprint density at radius 2 is 1.96 bits per heavy atom. The summed E-state index contributed by atoms with van der Waals surface area (Å²) in [5.74, 6) is 0.822. The largest absolute Gasteiger partial charge is 0.340 e. The minimum atomic E-state index is -0.649. The predicted molar refractivity (Wildman–Crippen MR) is 99.6 cm³/mol. The van der Waals surface area contributed by atoms with Gasteiger partial charge in [0.1, 0.15) is 24.1 Å². The molecule has 0 aliphatic heterocycles. The zero-order valence-corrected chi connectivity index (χ0v) is 15.2. The number of halogens is 2. The lowest BCUT2D eigenvalue weighted by atomic mass is 10.1. The SMILES string of the molecule is CC(=O)CCc1cc(Nc2ccc(F)cc2)nc(-n2cc(C)c(CF)n2)c1. The summed E-state index contributed by atoms with van der Waals surface area (Å²) in [7, 11) is 0. The highest BCUT2D eigenvalue weighted by atomic mass is 19.1. The number of ketones is 1. The number of pyridine rings is 1. The first-order valence-electron chi connectivity index (χ1n) is 8.59. The first-order valence-corrected chi connectivity index (χ1v) is 8.59. The molecule has 2 heterocycles. The van der Waals surface area contributed by atoms with E-state index in [0.717, 1.165) is 11.1 Å². The molecule has 0 aliphatic carbocycles. The lowest BCUT2D eigenvalue weighted by Gasteiger charge is -2.11. The molecule has 27 heavy (non-hydrogen) atoms. The minimum Gasteiger partial charge on any atom is -0.340 e. The van der Waals surface area contributed by atoms with Gasteiger partial charge in [0.25, 0.3) is 0 Å². The fourth-order valence-electron chi connectivity index (χ4n) is 2.64. The van der Waals surface area contributed by atoms with Gasteiger partial charge in [-0.15, -0.1) is 0 Å². The molecular weight excluding hydrogens is 350 g/mol. The standard InChI is InChI=1S/C20H20F2N4O/c1-13-12-26(25-18(13)11-21)20-10-15(4-3-14(2)27)9-19(24-20)23-17-7-5-16(22)6-8-17/h5-10,12H,3-4,11H2,1-2H3,(H,23,24). The summed E-state index contributed by atoms with van der Waals surface area (Å²) >= 11 is 0. The van der Waals surface area contributed by atoms with Gasteiger partial charge in [-0.25, -0.2) is 18.4 Å². The fraction of sp³-hybridized carbons (Fsp3) is 0.250. The number of anilines is 2. The number of carbonyl (C=O) groups excluding carboxylic acids is 1. The molecule has 0 atom stereocenters. The van der Waals surface area contributed by atoms with Crippen molar-refractivity contribution >= 4 is 17.3 Å². The Bertz CT molecular complexity index is 951. The normalized spacial score (nSPS) is 10.8. The molecule has 0 fully saturated rings. The van der Waals surface area contributed by atoms with E-state index < -0.39 is 6.67 Å². The number of rotatable bonds is 7. The fourth-order valence-corrected chi connectivity index (χ4v) is 2.64. The van der Waals surface area contributed by atoms with Gasteiger partial charge in [0.05, 0.1) is 5.69 Å². The zero-order valence-electron chi connectivity index (χ0n) is 15.2. The highest BCUT2D eigenvalue weighted by Gasteiger charge is 2.10. The van der Waals surface area contributed by atoms with Crippen molar-refractivity contribution in [1.29, 1.82) is 0 Å². The molecule has 0 saturated heterocycles. The molecule has 5 nitrogen and oxygen atoms in total. The number of nitrogens with one attached hydrogen (secondary N) is 1. The second kappa shape index (κ2) is 8.07. The number of nitrogens with zero attached hydrogens (tertiary/aromatic N) is 3. The predicted octanol–water partition coefficient (Wildman–Crippen LogP) is 4.45. The van der Waals surface area contributed by atoms with Gasteiger partial charge >= 0.3 is 0 Å². The second-order valence-corrected chi connectivity index (χ2v) is 6.39. The molecule has 0 radical (unpaired) electrons. The number of aromatic nitrogens is 3. The molecule has 140 valence electrons. The van der Waals surface area contributed by atoms with Crippen molar-refractivity contribution in [1.82, 2.24) is 14.8 Å². The van der Waals surface area contributed by atoms with Gasteiger partial charge in [0.2, 0.25) is 0 Å². The van der Waals surface area contributed by atoms with E-state index in [1.54, 1.807) is 32.2 Å². The molecule has 0 spiro atoms. The molecule has 3 rings (SSSR count). The van der Waals surface area contributed by atoms with Crippen molar-refractivity contribution in [3.63, 3.8) is 0 Å². The maximum absolute atomic E-state index is 13.1. The van der Waals surface area contributed by atoms with Crippen LogP contribution in [0.1, 0.15) is 30.2 Å². The minimum absolute atomic E-state index is 0.0936. The summed E-state index contributed by atoms with van der Waals surface area (Å²) in [4.78, 5) is 15.9. The number of hydrogen-bond acceptors (Lipinski definition) is 4. The zero-order chi connectivity index (χ0) is 19.4. The highest BCUT2D eigenvalue weighted by Crippen LogP contribution is 2.21. The Balaban J connectivity index is 1.96. The molecule has 0 bridgehead atoms. The third-order valence-electron chi connectivity index (χ3n) is 4.11. The van der Waals surface area contributed by atoms with Crippen molar-refractivity contribution in [3.8, 4) is 5.82 Å². The number of aryl methyl sites for hydroxylation is 2. The van der Waals surface area contributed by atoms with Gasteiger partial charge in [-0.1, -0.05) is 0 Å². The molecule has 3 aromatic rings. The molecule has 1 N–H and O–H groups in total. The highest BCUT2D eigenvalue weighted by molar-refractivity contribution is 5.75. The van der Waals surface area contributed by atoms with E-state index in [4.69, 9.17) is 0 Å². The Hall–Kier alpha value is -3.09. The van der Waals surface area contributed by atoms with Gasteiger partial charge in [-0.2, -0.15) is 5.10 Å². The van der Waals surface area contributed by atoms with E-state index in [2.05, 4.69) is 15.4 Å². The number of alkyl halides is 1. The van der Waals surface area contributed by atoms with Crippen LogP contribution in [-0.2, 0) is 17.9 Å². The van der Waals surface area contributed by atoms with E-state index in [9.17, 15) is 13.6 Å². The summed E-state index contributed by atoms with van der Waals surface area (Å²) in [6.07, 6.45) is 2.68. The maximum atomic E-state index is 13.1. The van der Waals surface area contributed by atoms with Crippen LogP contribution in [0.25, 0.3) is 5.82 Å². The van der Waals surface area contributed by atoms with Crippen LogP contribution in [0, 0.1) is 12.7 Å². The maximum Gasteiger partial charge on any atom is 0.156 e. The third-order valence-corrected chi connectivity index (χ3v) is 4.11. The first kappa shape index (κ1) is 18.7. The third kappa shape index (κ3) is 4.75. The van der Waals surface area contributed by atoms with Crippen molar-refractivity contribution < 1.29 is 13.6 Å². The molecular formula is C20H20F2N4O. The summed E-state index contributed by atoms with van der Waals surface area (Å²) in [5, 5.41) is 7.36. The number of benzene rings is 1. The average molecular weight is 370 g/mol. The van der Waals surface area contributed by atoms with Crippen LogP contribution in [-0.4, -0.2) is 20.5 Å². The summed E-state index contributed by atoms with van der Waals surface area (Å²) in [5.41, 5.74) is 2.68. The van der Waals surface area contributed by atoms with Crippen molar-refractivity contribution in [2.45, 2.75) is 33.4 Å². The molecule has 0 aliphatic rings. The van der Waals surface area contributed by atoms with Crippen LogP contribution >= 0.6 is 0 Å². The van der Waals surface area contributed by atoms with Gasteiger partial charge < -0.3 is 10.1 Å². The second-order valence-electron chi connectivity index (χ2n) is 6.39. The van der Waals surface area contributed by atoms with E-state index in [1.165, 1.54) is 16.8 Å². The van der Waals surface area contributed by atoms with E-state index >= 15 is 0 Å². The lowest BCUT2D eigenvalue weighted by Crippen LogP contribution is -2.05. The van der Waals surface area contributed by atoms with Gasteiger partial charge in [0.15, 0.2) is 5.82 Å². The van der Waals surface area contributed by atoms with Crippen LogP contribution in [0.5, 0.6) is 0 Å². The topological polar surface area (TPSA) is 59.8 Å². The summed E-state index contributed by atoms with van der Waals surface area (Å²) in [6, 6.07) is 9.59. The molecule has 0 amide bonds. The number of Topliss-reactive ketones (excluding diaryl/α,β-unsaturated/α-hetero) is 1. The van der Waals surface area contributed by atoms with Crippen LogP contribution in [0.2, 0.25) is 0 Å². The monoisotopic (exact) mass is 370 g/mol. The van der Waals surface area contributed by atoms with Crippen molar-refractivity contribution in [2.24, 2.45) is 0 Å². The van der Waals surface area contributed by atoms with Gasteiger partial charge in [-0.3, -0.25) is 0 Å². The lowest BCUT2D eigenvalue weighted by molar-refractivity contribution is -0.116. The molecule has 0 unspecified atom stereocenters. The van der Waals surface area contributed by atoms with E-state index in [0.29, 0.717) is 35.9 Å². The quantitative estimate of drug-likeness (QED) is 0.668. The van der Waals surface area contributed by atoms with Crippen molar-refractivity contribution in [3.05, 3.63) is 65.2 Å². The van der Waals surface area contributed by atoms with Crippen LogP contribution in [0.4, 0.5) is 20.3 Å².